The van der Waals surface area contributed by atoms with Gasteiger partial charge in [0.05, 0.1) is 0 Å². The number of para-hydroxylation sites is 1. The van der Waals surface area contributed by atoms with E-state index in [9.17, 15) is 58.2 Å². The molecule has 5 rings (SSSR count). The first-order valence-corrected chi connectivity index (χ1v) is 27.1. The molecule has 9 amide bonds. The number of phenols is 1. The summed E-state index contributed by atoms with van der Waals surface area (Å²) in [5, 5.41) is 41.9. The Hall–Kier alpha value is -7.95. The van der Waals surface area contributed by atoms with E-state index >= 15 is 0 Å². The Labute approximate surface area is 456 Å². The third-order valence-corrected chi connectivity index (χ3v) is 13.8. The standard InChI is InChI=1S/C55H72N10O12S/c1-31(2)26-41(46(56)70)62-53(77)55(23-24-55)65-51(75)39(20-21-45(68)69)59-49(73)44(29-35-30-57-38-15-11-10-14-37(35)38)61-48(72)43(28-34-16-18-36(67)19-17-34)63-52(76)54(4,5)64-50(74)40(22-25-78-6)60-47(71)42(58-32(3)66)27-33-12-8-7-9-13-33/h7-19,30-31,39-44,57,67H,20-29H2,1-6H3,(H2,56,70)(H,58,66)(H,59,73)(H,60,71)(H,61,72)(H,62,77)(H,63,76)(H,64,74)(H,65,75)(H,68,69)/t39-,40+,41-,42-,43-,44-/m0/s1. The SMILES string of the molecule is CSCC[C@@H](NC(=O)[C@H](Cc1ccccc1)NC(C)=O)C(=O)NC(C)(C)C(=O)N[C@@H](Cc1ccc(O)cc1)C(=O)N[C@@H](Cc1c[nH]c2ccccc12)C(=O)N[C@@H](CCC(=O)O)C(=O)NC1(C(=O)N[C@@H](CC(C)C)C(N)=O)CC1. The van der Waals surface area contributed by atoms with Gasteiger partial charge >= 0.3 is 5.97 Å². The molecular weight excluding hydrogens is 1020 g/mol. The van der Waals surface area contributed by atoms with Crippen molar-refractivity contribution in [1.82, 2.24) is 47.5 Å². The zero-order valence-corrected chi connectivity index (χ0v) is 45.5. The van der Waals surface area contributed by atoms with Gasteiger partial charge in [-0.1, -0.05) is 74.5 Å². The number of carbonyl (C=O) groups is 10. The van der Waals surface area contributed by atoms with Crippen LogP contribution in [-0.2, 0) is 67.2 Å². The summed E-state index contributed by atoms with van der Waals surface area (Å²) in [4.78, 5) is 139. The van der Waals surface area contributed by atoms with Gasteiger partial charge in [-0.05, 0) is 98.8 Å². The molecule has 1 fully saturated rings. The molecule has 0 radical (unpaired) electrons. The molecule has 0 spiro atoms. The zero-order chi connectivity index (χ0) is 57.3. The van der Waals surface area contributed by atoms with E-state index in [1.54, 1.807) is 54.7 Å². The van der Waals surface area contributed by atoms with Gasteiger partial charge in [-0.2, -0.15) is 11.8 Å². The summed E-state index contributed by atoms with van der Waals surface area (Å²) in [5.41, 5.74) is 4.82. The summed E-state index contributed by atoms with van der Waals surface area (Å²) in [6.45, 7) is 7.74. The van der Waals surface area contributed by atoms with Gasteiger partial charge in [0.2, 0.25) is 53.2 Å². The van der Waals surface area contributed by atoms with Gasteiger partial charge in [0.1, 0.15) is 53.1 Å². The first-order chi connectivity index (χ1) is 36.9. The van der Waals surface area contributed by atoms with Crippen molar-refractivity contribution in [3.8, 4) is 5.75 Å². The van der Waals surface area contributed by atoms with E-state index in [0.29, 0.717) is 27.8 Å². The Morgan fingerprint density at radius 1 is 0.667 bits per heavy atom. The van der Waals surface area contributed by atoms with Gasteiger partial charge in [0, 0.05) is 49.7 Å². The highest BCUT2D eigenvalue weighted by Crippen LogP contribution is 2.36. The van der Waals surface area contributed by atoms with Gasteiger partial charge in [0.15, 0.2) is 0 Å². The number of amides is 9. The normalized spacial score (nSPS) is 15.0. The summed E-state index contributed by atoms with van der Waals surface area (Å²) in [7, 11) is 0. The zero-order valence-electron chi connectivity index (χ0n) is 44.7. The molecule has 23 heteroatoms. The van der Waals surface area contributed by atoms with Crippen LogP contribution in [0.25, 0.3) is 10.9 Å². The largest absolute Gasteiger partial charge is 0.508 e. The van der Waals surface area contributed by atoms with Gasteiger partial charge in [0.25, 0.3) is 0 Å². The van der Waals surface area contributed by atoms with E-state index in [4.69, 9.17) is 5.73 Å². The second-order valence-corrected chi connectivity index (χ2v) is 21.5. The molecular formula is C55H72N10O12S. The molecule has 1 saturated carbocycles. The van der Waals surface area contributed by atoms with Crippen LogP contribution in [0.15, 0.2) is 85.1 Å². The van der Waals surface area contributed by atoms with Gasteiger partial charge in [-0.25, -0.2) is 0 Å². The Morgan fingerprint density at radius 2 is 1.22 bits per heavy atom. The fourth-order valence-electron chi connectivity index (χ4n) is 8.63. The molecule has 0 aliphatic heterocycles. The van der Waals surface area contributed by atoms with Gasteiger partial charge < -0.3 is 63.5 Å². The summed E-state index contributed by atoms with van der Waals surface area (Å²) in [5.74, 6) is -7.78. The van der Waals surface area contributed by atoms with Crippen molar-refractivity contribution in [3.63, 3.8) is 0 Å². The van der Waals surface area contributed by atoms with Crippen LogP contribution in [0.3, 0.4) is 0 Å². The Kier molecular flexibility index (Phi) is 21.8. The molecule has 0 saturated heterocycles. The highest BCUT2D eigenvalue weighted by molar-refractivity contribution is 7.98. The second kappa shape index (κ2) is 27.9. The maximum atomic E-state index is 14.8. The first kappa shape index (κ1) is 60.9. The second-order valence-electron chi connectivity index (χ2n) is 20.5. The Bertz CT molecular complexity index is 2800. The van der Waals surface area contributed by atoms with Crippen LogP contribution >= 0.6 is 11.8 Å². The summed E-state index contributed by atoms with van der Waals surface area (Å²) >= 11 is 1.42. The van der Waals surface area contributed by atoms with E-state index in [1.807, 2.05) is 26.2 Å². The van der Waals surface area contributed by atoms with Crippen LogP contribution in [0.4, 0.5) is 0 Å². The third-order valence-electron chi connectivity index (χ3n) is 13.1. The van der Waals surface area contributed by atoms with Crippen molar-refractivity contribution in [2.45, 2.75) is 140 Å². The van der Waals surface area contributed by atoms with Crippen LogP contribution < -0.4 is 48.3 Å². The van der Waals surface area contributed by atoms with E-state index in [-0.39, 0.29) is 56.6 Å². The fraction of sp³-hybridized carbons (Fsp3) is 0.455. The number of thioether (sulfide) groups is 1. The molecule has 22 nitrogen and oxygen atoms in total. The Morgan fingerprint density at radius 3 is 1.78 bits per heavy atom. The van der Waals surface area contributed by atoms with E-state index in [1.165, 1.54) is 56.8 Å². The monoisotopic (exact) mass is 1100 g/mol. The molecule has 1 aliphatic rings. The van der Waals surface area contributed by atoms with Crippen molar-refractivity contribution in [2.24, 2.45) is 11.7 Å². The minimum absolute atomic E-state index is 0.0155. The van der Waals surface area contributed by atoms with Gasteiger partial charge in [-0.15, -0.1) is 0 Å². The number of carboxylic acids is 1. The predicted octanol–water partition coefficient (Wildman–Crippen LogP) is 1.52. The number of nitrogens with one attached hydrogen (secondary N) is 9. The molecule has 1 heterocycles. The van der Waals surface area contributed by atoms with Crippen LogP contribution in [0.2, 0.25) is 0 Å². The predicted molar refractivity (Wildman–Crippen MR) is 292 cm³/mol. The summed E-state index contributed by atoms with van der Waals surface area (Å²) in [6.07, 6.45) is 2.91. The number of aromatic hydroxyl groups is 1. The number of rotatable bonds is 30. The van der Waals surface area contributed by atoms with Crippen molar-refractivity contribution < 1.29 is 58.2 Å². The molecule has 3 aromatic carbocycles. The number of aromatic amines is 1. The maximum Gasteiger partial charge on any atom is 0.303 e. The number of phenolic OH excluding ortho intramolecular Hbond substituents is 1. The van der Waals surface area contributed by atoms with Crippen molar-refractivity contribution in [1.29, 1.82) is 0 Å². The molecule has 0 unspecified atom stereocenters. The first-order valence-electron chi connectivity index (χ1n) is 25.7. The molecule has 4 aromatic rings. The fourth-order valence-corrected chi connectivity index (χ4v) is 9.10. The number of benzene rings is 3. The Balaban J connectivity index is 1.41. The smallest absolute Gasteiger partial charge is 0.303 e. The lowest BCUT2D eigenvalue weighted by Gasteiger charge is -2.31. The average Bonchev–Trinajstić information content (AvgIpc) is 4.08. The molecule has 1 aliphatic carbocycles. The van der Waals surface area contributed by atoms with E-state index in [0.717, 1.165) is 5.56 Å². The number of primary amides is 1. The molecule has 420 valence electrons. The number of fused-ring (bicyclic) bond motifs is 1. The highest BCUT2D eigenvalue weighted by Gasteiger charge is 2.52. The van der Waals surface area contributed by atoms with Crippen molar-refractivity contribution >= 4 is 81.8 Å². The number of H-pyrrole nitrogens is 1. The minimum atomic E-state index is -1.76. The molecule has 6 atom stereocenters. The minimum Gasteiger partial charge on any atom is -0.508 e. The number of nitrogens with two attached hydrogens (primary N) is 1. The number of carboxylic acid groups (broad SMARTS) is 1. The average molecular weight is 1100 g/mol. The lowest BCUT2D eigenvalue weighted by Crippen LogP contribution is -2.63. The van der Waals surface area contributed by atoms with Crippen LogP contribution in [0, 0.1) is 5.92 Å². The lowest BCUT2D eigenvalue weighted by atomic mass is 9.99. The number of aliphatic carboxylic acids is 1. The van der Waals surface area contributed by atoms with Crippen molar-refractivity contribution in [2.75, 3.05) is 12.0 Å². The number of hydrogen-bond donors (Lipinski definition) is 12. The number of carbonyl (C=O) groups excluding carboxylic acids is 9. The van der Waals surface area contributed by atoms with E-state index < -0.39 is 119 Å². The van der Waals surface area contributed by atoms with Crippen LogP contribution in [0.5, 0.6) is 5.75 Å². The third kappa shape index (κ3) is 18.1. The van der Waals surface area contributed by atoms with E-state index in [2.05, 4.69) is 47.5 Å². The van der Waals surface area contributed by atoms with Gasteiger partial charge in [-0.3, -0.25) is 47.9 Å². The highest BCUT2D eigenvalue weighted by atomic mass is 32.2. The maximum absolute atomic E-state index is 14.8. The van der Waals surface area contributed by atoms with Crippen LogP contribution in [0.1, 0.15) is 89.8 Å². The molecule has 78 heavy (non-hydrogen) atoms. The number of hydrogen-bond acceptors (Lipinski definition) is 12. The quantitative estimate of drug-likeness (QED) is 0.0353. The topological polar surface area (TPSA) is 349 Å². The number of aromatic nitrogens is 1. The summed E-state index contributed by atoms with van der Waals surface area (Å²) in [6, 6.07) is 14.2. The summed E-state index contributed by atoms with van der Waals surface area (Å²) < 4.78 is 0. The molecule has 13 N–H and O–H groups in total. The lowest BCUT2D eigenvalue weighted by molar-refractivity contribution is -0.139. The van der Waals surface area contributed by atoms with Crippen LogP contribution in [-0.4, -0.2) is 134 Å². The molecule has 0 bridgehead atoms. The van der Waals surface area contributed by atoms with Crippen molar-refractivity contribution in [3.05, 3.63) is 102 Å². The molecule has 1 aromatic heterocycles.